The minimum absolute atomic E-state index is 0.114. The van der Waals surface area contributed by atoms with Crippen LogP contribution in [0, 0.1) is 0 Å². The Labute approximate surface area is 116 Å². The lowest BCUT2D eigenvalue weighted by Gasteiger charge is -2.19. The molecule has 0 bridgehead atoms. The number of thiazole rings is 1. The molecule has 0 radical (unpaired) electrons. The maximum atomic E-state index is 12.4. The van der Waals surface area contributed by atoms with Crippen LogP contribution < -0.4 is 10.6 Å². The highest BCUT2D eigenvalue weighted by atomic mass is 32.1. The van der Waals surface area contributed by atoms with Gasteiger partial charge in [0.2, 0.25) is 0 Å². The average Bonchev–Trinajstić information content (AvgIpc) is 2.90. The zero-order chi connectivity index (χ0) is 13.8. The summed E-state index contributed by atoms with van der Waals surface area (Å²) in [6.07, 6.45) is 3.33. The SMILES string of the molecule is CCN(C(=O)c1csc(C(C)N)n1)c1ccncc1. The van der Waals surface area contributed by atoms with Gasteiger partial charge in [0.1, 0.15) is 10.7 Å². The summed E-state index contributed by atoms with van der Waals surface area (Å²) in [7, 11) is 0. The van der Waals surface area contributed by atoms with Gasteiger partial charge in [-0.25, -0.2) is 4.98 Å². The van der Waals surface area contributed by atoms with Gasteiger partial charge in [0.05, 0.1) is 6.04 Å². The highest BCUT2D eigenvalue weighted by Crippen LogP contribution is 2.20. The topological polar surface area (TPSA) is 72.1 Å². The molecule has 0 aliphatic heterocycles. The number of nitrogens with two attached hydrogens (primary N) is 1. The van der Waals surface area contributed by atoms with E-state index in [1.807, 2.05) is 13.8 Å². The van der Waals surface area contributed by atoms with E-state index in [-0.39, 0.29) is 11.9 Å². The van der Waals surface area contributed by atoms with E-state index in [1.165, 1.54) is 11.3 Å². The molecule has 100 valence electrons. The third kappa shape index (κ3) is 2.97. The number of hydrogen-bond acceptors (Lipinski definition) is 5. The monoisotopic (exact) mass is 276 g/mol. The molecule has 5 nitrogen and oxygen atoms in total. The second kappa shape index (κ2) is 5.90. The first-order valence-electron chi connectivity index (χ1n) is 6.06. The average molecular weight is 276 g/mol. The van der Waals surface area contributed by atoms with E-state index in [9.17, 15) is 4.79 Å². The van der Waals surface area contributed by atoms with Crippen LogP contribution in [0.4, 0.5) is 5.69 Å². The number of carbonyl (C=O) groups excluding carboxylic acids is 1. The van der Waals surface area contributed by atoms with Crippen molar-refractivity contribution in [3.63, 3.8) is 0 Å². The standard InChI is InChI=1S/C13H16N4OS/c1-3-17(10-4-6-15-7-5-10)13(18)11-8-19-12(16-11)9(2)14/h4-9H,3,14H2,1-2H3. The largest absolute Gasteiger partial charge is 0.322 e. The molecule has 2 heterocycles. The molecule has 0 aliphatic carbocycles. The van der Waals surface area contributed by atoms with Gasteiger partial charge in [0.15, 0.2) is 0 Å². The van der Waals surface area contributed by atoms with Gasteiger partial charge >= 0.3 is 0 Å². The molecule has 6 heteroatoms. The number of pyridine rings is 1. The summed E-state index contributed by atoms with van der Waals surface area (Å²) in [4.78, 5) is 22.3. The Morgan fingerprint density at radius 1 is 1.47 bits per heavy atom. The molecule has 19 heavy (non-hydrogen) atoms. The van der Waals surface area contributed by atoms with E-state index in [0.29, 0.717) is 12.2 Å². The van der Waals surface area contributed by atoms with E-state index >= 15 is 0 Å². The summed E-state index contributed by atoms with van der Waals surface area (Å²) in [6, 6.07) is 3.46. The van der Waals surface area contributed by atoms with E-state index in [1.54, 1.807) is 34.8 Å². The summed E-state index contributed by atoms with van der Waals surface area (Å²) >= 11 is 1.41. The van der Waals surface area contributed by atoms with Crippen molar-refractivity contribution in [3.8, 4) is 0 Å². The van der Waals surface area contributed by atoms with Crippen molar-refractivity contribution in [3.05, 3.63) is 40.6 Å². The van der Waals surface area contributed by atoms with Gasteiger partial charge < -0.3 is 10.6 Å². The second-order valence-corrected chi connectivity index (χ2v) is 5.00. The zero-order valence-corrected chi connectivity index (χ0v) is 11.7. The first kappa shape index (κ1) is 13.6. The maximum absolute atomic E-state index is 12.4. The lowest BCUT2D eigenvalue weighted by Crippen LogP contribution is -2.30. The van der Waals surface area contributed by atoms with E-state index in [2.05, 4.69) is 9.97 Å². The van der Waals surface area contributed by atoms with Gasteiger partial charge in [-0.2, -0.15) is 0 Å². The number of anilines is 1. The number of nitrogens with zero attached hydrogens (tertiary/aromatic N) is 3. The molecular formula is C13H16N4OS. The molecule has 2 aromatic heterocycles. The molecule has 1 unspecified atom stereocenters. The summed E-state index contributed by atoms with van der Waals surface area (Å²) in [5, 5.41) is 2.53. The molecule has 2 aromatic rings. The van der Waals surface area contributed by atoms with Crippen molar-refractivity contribution >= 4 is 22.9 Å². The van der Waals surface area contributed by atoms with Gasteiger partial charge in [-0.3, -0.25) is 9.78 Å². The maximum Gasteiger partial charge on any atom is 0.277 e. The zero-order valence-electron chi connectivity index (χ0n) is 10.9. The summed E-state index contributed by atoms with van der Waals surface area (Å²) < 4.78 is 0. The number of carbonyl (C=O) groups is 1. The molecule has 0 saturated carbocycles. The van der Waals surface area contributed by atoms with Crippen molar-refractivity contribution in [2.24, 2.45) is 5.73 Å². The minimum Gasteiger partial charge on any atom is -0.322 e. The van der Waals surface area contributed by atoms with Crippen molar-refractivity contribution in [1.82, 2.24) is 9.97 Å². The fraction of sp³-hybridized carbons (Fsp3) is 0.308. The molecule has 0 saturated heterocycles. The second-order valence-electron chi connectivity index (χ2n) is 4.11. The molecule has 1 amide bonds. The summed E-state index contributed by atoms with van der Waals surface area (Å²) in [6.45, 7) is 4.36. The summed E-state index contributed by atoms with van der Waals surface area (Å²) in [5.74, 6) is -0.114. The Balaban J connectivity index is 2.26. The van der Waals surface area contributed by atoms with Gasteiger partial charge in [-0.1, -0.05) is 0 Å². The molecule has 0 fully saturated rings. The quantitative estimate of drug-likeness (QED) is 0.929. The van der Waals surface area contributed by atoms with Crippen LogP contribution in [0.25, 0.3) is 0 Å². The molecule has 0 aliphatic rings. The minimum atomic E-state index is -0.150. The van der Waals surface area contributed by atoms with Gasteiger partial charge in [-0.15, -0.1) is 11.3 Å². The lowest BCUT2D eigenvalue weighted by atomic mass is 10.3. The van der Waals surface area contributed by atoms with Crippen molar-refractivity contribution in [2.75, 3.05) is 11.4 Å². The van der Waals surface area contributed by atoms with Crippen LogP contribution in [0.3, 0.4) is 0 Å². The molecular weight excluding hydrogens is 260 g/mol. The Hall–Kier alpha value is -1.79. The predicted octanol–water partition coefficient (Wildman–Crippen LogP) is 2.22. The molecule has 0 aromatic carbocycles. The summed E-state index contributed by atoms with van der Waals surface area (Å²) in [5.41, 5.74) is 7.02. The van der Waals surface area contributed by atoms with Crippen LogP contribution in [0.5, 0.6) is 0 Å². The lowest BCUT2D eigenvalue weighted by molar-refractivity contribution is 0.0984. The predicted molar refractivity (Wildman–Crippen MR) is 76.3 cm³/mol. The fourth-order valence-electron chi connectivity index (χ4n) is 1.70. The van der Waals surface area contributed by atoms with Gasteiger partial charge in [-0.05, 0) is 26.0 Å². The third-order valence-corrected chi connectivity index (χ3v) is 3.71. The van der Waals surface area contributed by atoms with Crippen molar-refractivity contribution < 1.29 is 4.79 Å². The van der Waals surface area contributed by atoms with Crippen molar-refractivity contribution in [1.29, 1.82) is 0 Å². The third-order valence-electron chi connectivity index (χ3n) is 2.67. The normalized spacial score (nSPS) is 12.2. The van der Waals surface area contributed by atoms with Crippen LogP contribution >= 0.6 is 11.3 Å². The molecule has 0 spiro atoms. The smallest absolute Gasteiger partial charge is 0.277 e. The van der Waals surface area contributed by atoms with Crippen LogP contribution in [-0.4, -0.2) is 22.4 Å². The van der Waals surface area contributed by atoms with Crippen LogP contribution in [0.1, 0.15) is 35.4 Å². The Morgan fingerprint density at radius 3 is 2.68 bits per heavy atom. The number of aromatic nitrogens is 2. The number of rotatable bonds is 4. The Bertz CT molecular complexity index is 553. The van der Waals surface area contributed by atoms with Crippen molar-refractivity contribution in [2.45, 2.75) is 19.9 Å². The van der Waals surface area contributed by atoms with Gasteiger partial charge in [0.25, 0.3) is 5.91 Å². The first-order valence-corrected chi connectivity index (χ1v) is 6.94. The van der Waals surface area contributed by atoms with Gasteiger partial charge in [0, 0.05) is 30.0 Å². The Kier molecular flexibility index (Phi) is 4.24. The van der Waals surface area contributed by atoms with Crippen LogP contribution in [-0.2, 0) is 0 Å². The van der Waals surface area contributed by atoms with E-state index in [4.69, 9.17) is 5.73 Å². The Morgan fingerprint density at radius 2 is 2.16 bits per heavy atom. The highest BCUT2D eigenvalue weighted by Gasteiger charge is 2.19. The van der Waals surface area contributed by atoms with Crippen LogP contribution in [0.2, 0.25) is 0 Å². The van der Waals surface area contributed by atoms with E-state index < -0.39 is 0 Å². The molecule has 2 N–H and O–H groups in total. The van der Waals surface area contributed by atoms with Crippen LogP contribution in [0.15, 0.2) is 29.9 Å². The number of hydrogen-bond donors (Lipinski definition) is 1. The van der Waals surface area contributed by atoms with E-state index in [0.717, 1.165) is 10.7 Å². The molecule has 1 atom stereocenters. The fourth-order valence-corrected chi connectivity index (χ4v) is 2.45. The first-order chi connectivity index (χ1) is 9.13. The number of amides is 1. The highest BCUT2D eigenvalue weighted by molar-refractivity contribution is 7.09. The molecule has 2 rings (SSSR count).